The van der Waals surface area contributed by atoms with E-state index in [-0.39, 0.29) is 17.2 Å². The second-order valence-corrected chi connectivity index (χ2v) is 5.92. The van der Waals surface area contributed by atoms with Gasteiger partial charge in [0.25, 0.3) is 0 Å². The number of nitrogens with two attached hydrogens (primary N) is 1. The van der Waals surface area contributed by atoms with Gasteiger partial charge in [-0.3, -0.25) is 0 Å². The highest BCUT2D eigenvalue weighted by Crippen LogP contribution is 2.24. The summed E-state index contributed by atoms with van der Waals surface area (Å²) < 4.78 is 39.8. The smallest absolute Gasteiger partial charge is 0.406 e. The van der Waals surface area contributed by atoms with Crippen LogP contribution in [0.3, 0.4) is 0 Å². The van der Waals surface area contributed by atoms with Crippen molar-refractivity contribution >= 4 is 0 Å². The molecular formula is C14H20F3NO. The molecule has 1 atom stereocenters. The Labute approximate surface area is 111 Å². The maximum atomic E-state index is 12.0. The minimum Gasteiger partial charge on any atom is -0.406 e. The lowest BCUT2D eigenvalue weighted by Crippen LogP contribution is -2.28. The highest BCUT2D eigenvalue weighted by molar-refractivity contribution is 5.27. The number of hydrogen-bond acceptors (Lipinski definition) is 2. The largest absolute Gasteiger partial charge is 0.573 e. The molecule has 0 aliphatic heterocycles. The Bertz CT molecular complexity index is 393. The maximum Gasteiger partial charge on any atom is 0.573 e. The van der Waals surface area contributed by atoms with Crippen molar-refractivity contribution in [2.24, 2.45) is 11.1 Å². The third-order valence-electron chi connectivity index (χ3n) is 2.53. The van der Waals surface area contributed by atoms with Gasteiger partial charge in [-0.15, -0.1) is 13.2 Å². The summed E-state index contributed by atoms with van der Waals surface area (Å²) in [4.78, 5) is 0. The third kappa shape index (κ3) is 7.06. The van der Waals surface area contributed by atoms with Gasteiger partial charge in [-0.1, -0.05) is 32.9 Å². The van der Waals surface area contributed by atoms with Gasteiger partial charge in [-0.05, 0) is 36.0 Å². The topological polar surface area (TPSA) is 35.2 Å². The number of hydrogen-bond donors (Lipinski definition) is 1. The van der Waals surface area contributed by atoms with E-state index in [9.17, 15) is 13.2 Å². The fourth-order valence-corrected chi connectivity index (χ4v) is 1.99. The van der Waals surface area contributed by atoms with E-state index in [0.29, 0.717) is 6.42 Å². The van der Waals surface area contributed by atoms with Crippen molar-refractivity contribution in [3.05, 3.63) is 29.8 Å². The molecule has 0 aromatic heterocycles. The molecule has 19 heavy (non-hydrogen) atoms. The van der Waals surface area contributed by atoms with E-state index in [2.05, 4.69) is 25.5 Å². The highest BCUT2D eigenvalue weighted by atomic mass is 19.4. The fourth-order valence-electron chi connectivity index (χ4n) is 1.99. The maximum absolute atomic E-state index is 12.0. The zero-order valence-corrected chi connectivity index (χ0v) is 11.4. The fraction of sp³-hybridized carbons (Fsp3) is 0.571. The molecule has 0 amide bonds. The minimum absolute atomic E-state index is 0.00520. The molecule has 0 saturated carbocycles. The molecule has 0 saturated heterocycles. The molecule has 2 nitrogen and oxygen atoms in total. The van der Waals surface area contributed by atoms with Gasteiger partial charge in [-0.25, -0.2) is 0 Å². The average molecular weight is 275 g/mol. The molecule has 1 aromatic rings. The highest BCUT2D eigenvalue weighted by Gasteiger charge is 2.30. The number of ether oxygens (including phenoxy) is 1. The summed E-state index contributed by atoms with van der Waals surface area (Å²) in [5.74, 6) is -0.208. The number of benzene rings is 1. The summed E-state index contributed by atoms with van der Waals surface area (Å²) >= 11 is 0. The first kappa shape index (κ1) is 15.8. The first-order valence-corrected chi connectivity index (χ1v) is 6.15. The van der Waals surface area contributed by atoms with Crippen molar-refractivity contribution < 1.29 is 17.9 Å². The van der Waals surface area contributed by atoms with Crippen LogP contribution in [0.15, 0.2) is 24.3 Å². The summed E-state index contributed by atoms with van der Waals surface area (Å²) in [6.07, 6.45) is -3.15. The zero-order chi connectivity index (χ0) is 14.7. The molecule has 0 fully saturated rings. The summed E-state index contributed by atoms with van der Waals surface area (Å²) in [5.41, 5.74) is 7.07. The van der Waals surface area contributed by atoms with E-state index in [0.717, 1.165) is 12.0 Å². The SMILES string of the molecule is CC(C)(C)CC(N)Cc1ccc(OC(F)(F)F)cc1. The van der Waals surface area contributed by atoms with E-state index >= 15 is 0 Å². The molecule has 2 N–H and O–H groups in total. The summed E-state index contributed by atoms with van der Waals surface area (Å²) in [6.45, 7) is 6.31. The van der Waals surface area contributed by atoms with Crippen molar-refractivity contribution in [3.8, 4) is 5.75 Å². The van der Waals surface area contributed by atoms with Gasteiger partial charge in [0.1, 0.15) is 5.75 Å². The Balaban J connectivity index is 2.57. The van der Waals surface area contributed by atoms with Gasteiger partial charge in [-0.2, -0.15) is 0 Å². The first-order chi connectivity index (χ1) is 8.55. The first-order valence-electron chi connectivity index (χ1n) is 6.15. The van der Waals surface area contributed by atoms with Gasteiger partial charge in [0.15, 0.2) is 0 Å². The van der Waals surface area contributed by atoms with Crippen molar-refractivity contribution in [3.63, 3.8) is 0 Å². The van der Waals surface area contributed by atoms with Crippen LogP contribution in [-0.2, 0) is 6.42 Å². The Morgan fingerprint density at radius 3 is 2.05 bits per heavy atom. The van der Waals surface area contributed by atoms with Gasteiger partial charge < -0.3 is 10.5 Å². The number of rotatable bonds is 4. The molecule has 1 rings (SSSR count). The third-order valence-corrected chi connectivity index (χ3v) is 2.53. The Morgan fingerprint density at radius 1 is 1.11 bits per heavy atom. The summed E-state index contributed by atoms with van der Waals surface area (Å²) in [5, 5.41) is 0. The van der Waals surface area contributed by atoms with E-state index in [4.69, 9.17) is 5.73 Å². The molecule has 0 heterocycles. The van der Waals surface area contributed by atoms with Gasteiger partial charge >= 0.3 is 6.36 Å². The Morgan fingerprint density at radius 2 is 1.63 bits per heavy atom. The van der Waals surface area contributed by atoms with Crippen LogP contribution in [0.25, 0.3) is 0 Å². The molecule has 0 radical (unpaired) electrons. The van der Waals surface area contributed by atoms with Gasteiger partial charge in [0, 0.05) is 6.04 Å². The van der Waals surface area contributed by atoms with Crippen molar-refractivity contribution in [1.29, 1.82) is 0 Å². The molecule has 0 spiro atoms. The van der Waals surface area contributed by atoms with Crippen LogP contribution in [0.4, 0.5) is 13.2 Å². The average Bonchev–Trinajstić information content (AvgIpc) is 2.15. The quantitative estimate of drug-likeness (QED) is 0.904. The second kappa shape index (κ2) is 5.82. The molecule has 1 aromatic carbocycles. The molecule has 108 valence electrons. The van der Waals surface area contributed by atoms with Crippen LogP contribution < -0.4 is 10.5 Å². The van der Waals surface area contributed by atoms with E-state index in [1.807, 2.05) is 0 Å². The normalized spacial score (nSPS) is 14.3. The van der Waals surface area contributed by atoms with Gasteiger partial charge in [0.05, 0.1) is 0 Å². The Kier molecular flexibility index (Phi) is 4.85. The number of halogens is 3. The van der Waals surface area contributed by atoms with Crippen LogP contribution in [0.5, 0.6) is 5.75 Å². The van der Waals surface area contributed by atoms with Crippen molar-refractivity contribution in [2.45, 2.75) is 46.0 Å². The number of alkyl halides is 3. The lowest BCUT2D eigenvalue weighted by molar-refractivity contribution is -0.274. The predicted octanol–water partition coefficient (Wildman–Crippen LogP) is 3.89. The lowest BCUT2D eigenvalue weighted by atomic mass is 9.86. The van der Waals surface area contributed by atoms with Crippen LogP contribution in [-0.4, -0.2) is 12.4 Å². The zero-order valence-electron chi connectivity index (χ0n) is 11.4. The molecule has 0 bridgehead atoms. The van der Waals surface area contributed by atoms with Gasteiger partial charge in [0.2, 0.25) is 0 Å². The predicted molar refractivity (Wildman–Crippen MR) is 68.9 cm³/mol. The lowest BCUT2D eigenvalue weighted by Gasteiger charge is -2.23. The second-order valence-electron chi connectivity index (χ2n) is 5.92. The molecular weight excluding hydrogens is 255 g/mol. The van der Waals surface area contributed by atoms with E-state index < -0.39 is 6.36 Å². The summed E-state index contributed by atoms with van der Waals surface area (Å²) in [7, 11) is 0. The van der Waals surface area contributed by atoms with Crippen molar-refractivity contribution in [2.75, 3.05) is 0 Å². The standard InChI is InChI=1S/C14H20F3NO/c1-13(2,3)9-11(18)8-10-4-6-12(7-5-10)19-14(15,16)17/h4-7,11H,8-9,18H2,1-3H3. The van der Waals surface area contributed by atoms with E-state index in [1.165, 1.54) is 12.1 Å². The van der Waals surface area contributed by atoms with Crippen LogP contribution >= 0.6 is 0 Å². The van der Waals surface area contributed by atoms with E-state index in [1.54, 1.807) is 12.1 Å². The van der Waals surface area contributed by atoms with Crippen LogP contribution in [0, 0.1) is 5.41 Å². The molecule has 5 heteroatoms. The minimum atomic E-state index is -4.65. The molecule has 0 aliphatic carbocycles. The van der Waals surface area contributed by atoms with Crippen LogP contribution in [0.1, 0.15) is 32.8 Å². The monoisotopic (exact) mass is 275 g/mol. The molecule has 1 unspecified atom stereocenters. The van der Waals surface area contributed by atoms with Crippen LogP contribution in [0.2, 0.25) is 0 Å². The molecule has 0 aliphatic rings. The Hall–Kier alpha value is -1.23. The summed E-state index contributed by atoms with van der Waals surface area (Å²) in [6, 6.07) is 5.85. The van der Waals surface area contributed by atoms with Crippen molar-refractivity contribution in [1.82, 2.24) is 0 Å².